The van der Waals surface area contributed by atoms with Crippen LogP contribution in [0.15, 0.2) is 121 Å². The summed E-state index contributed by atoms with van der Waals surface area (Å²) in [5.41, 5.74) is -1.69. The maximum Gasteiger partial charge on any atom is 0.327 e. The number of imide groups is 4. The van der Waals surface area contributed by atoms with Crippen LogP contribution in [0.1, 0.15) is 109 Å². The number of carbonyl (C=O) groups excluding carboxylic acids is 12. The Balaban J connectivity index is 0.000000225. The molecule has 24 heterocycles. The molecule has 0 aliphatic carbocycles. The molecule has 8 aromatic carbocycles. The molecule has 24 aliphatic heterocycles. The molecule has 0 unspecified atom stereocenters. The summed E-state index contributed by atoms with van der Waals surface area (Å²) in [6, 6.07) is 16.8. The number of hydrogen-bond acceptors (Lipinski definition) is 32. The number of ether oxygens (including phenoxy) is 4. The first-order chi connectivity index (χ1) is 63.1. The van der Waals surface area contributed by atoms with Crippen molar-refractivity contribution in [2.75, 3.05) is 72.5 Å². The molecule has 0 fully saturated rings. The van der Waals surface area contributed by atoms with E-state index in [0.717, 1.165) is 121 Å². The first kappa shape index (κ1) is 96.6. The maximum absolute atomic E-state index is 14.0. The molecule has 12 amide bonds. The molecule has 0 saturated carbocycles. The average molecular weight is 1960 g/mol. The molecule has 24 aliphatic rings. The van der Waals surface area contributed by atoms with Crippen molar-refractivity contribution >= 4 is 248 Å². The van der Waals surface area contributed by atoms with Crippen molar-refractivity contribution in [2.45, 2.75) is 74.0 Å². The standard InChI is InChI=1S/C44H40N4O16S4.C40H32N4O16S4/c49-33-3-1-13-63-23-7-5-22-16-24(8-6-21(22)15-23)64-14-2-4-34(50)46-30(42(57)58)18-66-68-20-32(44(61)62)48-39(53)27-11-9-25-35-26(10-12-28(36(27)35)40(48)54)38(52)47(37(25)51)31(43(59)60)19-67-65-17-29(45-33)41(55)56;45-29-11-59-19-3-1-17-9-20(4-2-18(17)10-19)60-12-30(46)42-26(38(53)54)14-62-64-16-28(40(57)58)44-35(49)23-7-5-21-31-22(6-8-24(32(23)31)36(44)50)34(48)43(33(21)47)27(39(55)56)15-63-61-13-25(41-29)37(51)52/h5-12,15-16,29-32H,1-4,13-14,17-20H2,(H,45,49)(H,46,50)(H,55,56)(H,57,58)(H,59,60)(H,61,62);1-10,25-28H,11-16H2,(H,41,45)(H,42,46)(H,51,52)(H,53,54)(H,55,56)(H,57,58)/t29-,30-,31-,32-;25-,26-,27-,28-/m00/s1. The summed E-state index contributed by atoms with van der Waals surface area (Å²) < 4.78 is 22.8. The van der Waals surface area contributed by atoms with E-state index in [2.05, 4.69) is 21.3 Å². The lowest BCUT2D eigenvalue weighted by Crippen LogP contribution is -2.53. The Morgan fingerprint density at radius 2 is 0.455 bits per heavy atom. The Morgan fingerprint density at radius 1 is 0.258 bits per heavy atom. The molecule has 0 radical (unpaired) electrons. The Kier molecular flexibility index (Phi) is 31.1. The van der Waals surface area contributed by atoms with Gasteiger partial charge in [0.15, 0.2) is 13.2 Å². The molecule has 688 valence electrons. The van der Waals surface area contributed by atoms with Gasteiger partial charge < -0.3 is 81.1 Å². The Morgan fingerprint density at radius 3 is 0.659 bits per heavy atom. The van der Waals surface area contributed by atoms with E-state index in [4.69, 9.17) is 18.9 Å². The molecule has 12 N–H and O–H groups in total. The van der Waals surface area contributed by atoms with E-state index in [0.29, 0.717) is 41.9 Å². The second-order valence-corrected chi connectivity index (χ2v) is 39.6. The maximum atomic E-state index is 14.0. The van der Waals surface area contributed by atoms with Gasteiger partial charge in [0.25, 0.3) is 59.1 Å². The summed E-state index contributed by atoms with van der Waals surface area (Å²) in [6.07, 6.45) is 0.339. The van der Waals surface area contributed by atoms with Crippen LogP contribution in [-0.2, 0) is 57.5 Å². The van der Waals surface area contributed by atoms with Crippen LogP contribution in [0.5, 0.6) is 23.0 Å². The fourth-order valence-corrected chi connectivity index (χ4v) is 23.9. The topological polar surface area (TPSA) is 601 Å². The van der Waals surface area contributed by atoms with E-state index < -0.39 is 203 Å². The van der Waals surface area contributed by atoms with Crippen molar-refractivity contribution in [1.82, 2.24) is 40.9 Å². The third-order valence-corrected chi connectivity index (χ3v) is 30.6. The van der Waals surface area contributed by atoms with Gasteiger partial charge in [0.05, 0.1) is 13.2 Å². The highest BCUT2D eigenvalue weighted by molar-refractivity contribution is 8.77. The lowest BCUT2D eigenvalue weighted by molar-refractivity contribution is -0.141. The highest BCUT2D eigenvalue weighted by Crippen LogP contribution is 2.44. The molecule has 0 saturated heterocycles. The molecule has 40 nitrogen and oxygen atoms in total. The number of carboxylic acid groups (broad SMARTS) is 8. The van der Waals surface area contributed by atoms with Crippen LogP contribution in [0.2, 0.25) is 0 Å². The molecule has 132 heavy (non-hydrogen) atoms. The van der Waals surface area contributed by atoms with E-state index >= 15 is 0 Å². The normalized spacial score (nSPS) is 21.7. The zero-order valence-electron chi connectivity index (χ0n) is 67.9. The van der Waals surface area contributed by atoms with Gasteiger partial charge in [-0.1, -0.05) is 111 Å². The summed E-state index contributed by atoms with van der Waals surface area (Å²) in [4.78, 5) is 264. The molecule has 24 bridgehead atoms. The van der Waals surface area contributed by atoms with Crippen molar-refractivity contribution in [3.05, 3.63) is 166 Å². The van der Waals surface area contributed by atoms with Gasteiger partial charge in [-0.05, 0) is 131 Å². The largest absolute Gasteiger partial charge is 0.494 e. The number of hydrogen-bond donors (Lipinski definition) is 12. The van der Waals surface area contributed by atoms with E-state index in [1.54, 1.807) is 60.7 Å². The monoisotopic (exact) mass is 1960 g/mol. The lowest BCUT2D eigenvalue weighted by atomic mass is 9.85. The van der Waals surface area contributed by atoms with Crippen LogP contribution in [0.3, 0.4) is 0 Å². The second-order valence-electron chi connectivity index (χ2n) is 29.4. The Bertz CT molecular complexity index is 5700. The van der Waals surface area contributed by atoms with Crippen LogP contribution >= 0.6 is 86.4 Å². The Hall–Kier alpha value is -13.0. The smallest absolute Gasteiger partial charge is 0.327 e. The van der Waals surface area contributed by atoms with E-state index in [1.165, 1.54) is 36.4 Å². The average Bonchev–Trinajstić information content (AvgIpc) is 0.710. The van der Waals surface area contributed by atoms with E-state index in [-0.39, 0.29) is 139 Å². The number of carbonyl (C=O) groups is 20. The minimum absolute atomic E-state index is 0.0726. The van der Waals surface area contributed by atoms with Crippen LogP contribution in [0, 0.1) is 0 Å². The van der Waals surface area contributed by atoms with Gasteiger partial charge in [-0.2, -0.15) is 0 Å². The zero-order chi connectivity index (χ0) is 94.8. The molecule has 0 aromatic heterocycles. The zero-order valence-corrected chi connectivity index (χ0v) is 74.4. The summed E-state index contributed by atoms with van der Waals surface area (Å²) in [5, 5.41) is 92.2. The molecular formula is C84H72N8O32S8. The second kappa shape index (κ2) is 42.5. The van der Waals surface area contributed by atoms with Crippen molar-refractivity contribution in [1.29, 1.82) is 0 Å². The predicted octanol–water partition coefficient (Wildman–Crippen LogP) is 6.49. The molecule has 8 atom stereocenters. The molecule has 0 spiro atoms. The van der Waals surface area contributed by atoms with Crippen LogP contribution < -0.4 is 40.2 Å². The fraction of sp³-hybridized carbons (Fsp3) is 0.286. The predicted molar refractivity (Wildman–Crippen MR) is 482 cm³/mol. The minimum Gasteiger partial charge on any atom is -0.494 e. The fourth-order valence-electron chi connectivity index (χ4n) is 14.5. The van der Waals surface area contributed by atoms with E-state index in [9.17, 15) is 137 Å². The summed E-state index contributed by atoms with van der Waals surface area (Å²) in [5.74, 6) is -24.0. The van der Waals surface area contributed by atoms with Gasteiger partial charge in [0.2, 0.25) is 11.8 Å². The third kappa shape index (κ3) is 21.4. The van der Waals surface area contributed by atoms with Crippen molar-refractivity contribution in [3.63, 3.8) is 0 Å². The van der Waals surface area contributed by atoms with Gasteiger partial charge in [0.1, 0.15) is 71.3 Å². The highest BCUT2D eigenvalue weighted by Gasteiger charge is 2.49. The van der Waals surface area contributed by atoms with Crippen LogP contribution in [0.4, 0.5) is 0 Å². The molecular weight excluding hydrogens is 1890 g/mol. The van der Waals surface area contributed by atoms with Gasteiger partial charge in [-0.25, -0.2) is 38.4 Å². The summed E-state index contributed by atoms with van der Waals surface area (Å²) >= 11 is 0. The first-order valence-corrected chi connectivity index (χ1v) is 49.3. The number of amides is 12. The summed E-state index contributed by atoms with van der Waals surface area (Å²) in [6.45, 7) is -0.873. The summed E-state index contributed by atoms with van der Waals surface area (Å²) in [7, 11) is 6.89. The Labute approximate surface area is 774 Å². The minimum atomic E-state index is -1.78. The molecule has 32 rings (SSSR count). The number of nitrogens with zero attached hydrogens (tertiary/aromatic N) is 4. The van der Waals surface area contributed by atoms with Gasteiger partial charge in [-0.3, -0.25) is 77.1 Å². The van der Waals surface area contributed by atoms with Crippen molar-refractivity contribution in [2.24, 2.45) is 0 Å². The van der Waals surface area contributed by atoms with Crippen molar-refractivity contribution in [3.8, 4) is 23.0 Å². The number of rotatable bonds is 8. The van der Waals surface area contributed by atoms with Gasteiger partial charge >= 0.3 is 47.8 Å². The lowest BCUT2D eigenvalue weighted by Gasteiger charge is -2.35. The third-order valence-electron chi connectivity index (χ3n) is 21.0. The quantitative estimate of drug-likeness (QED) is 0.0571. The van der Waals surface area contributed by atoms with Crippen molar-refractivity contribution < 1.29 is 156 Å². The van der Waals surface area contributed by atoms with E-state index in [1.807, 2.05) is 0 Å². The highest BCUT2D eigenvalue weighted by atomic mass is 33.1. The number of nitrogens with one attached hydrogen (secondary N) is 4. The van der Waals surface area contributed by atoms with Crippen LogP contribution in [-0.4, -0.2) is 300 Å². The molecule has 48 heteroatoms. The number of aliphatic carboxylic acids is 8. The van der Waals surface area contributed by atoms with Gasteiger partial charge in [-0.15, -0.1) is 0 Å². The van der Waals surface area contributed by atoms with Gasteiger partial charge in [0, 0.05) is 125 Å². The first-order valence-electron chi connectivity index (χ1n) is 39.4. The molecule has 8 aromatic rings. The van der Waals surface area contributed by atoms with Crippen LogP contribution in [0.25, 0.3) is 43.1 Å². The number of carboxylic acids is 8. The SMILES string of the molecule is O=C1CCCOc2ccc3cc(ccc3c2)OCCCC(=O)N[C@H](C(=O)O)CSSC[C@@H](C(=O)O)N2C(=O)c3ccc4c5c(ccc(c35)C2=O)C(=O)N(C4=O)[C@H](C(=O)O)CSSC[C@@H](C(=O)O)N1.O=C1COc2ccc3cc(ccc3c2)OCC(=O)N[C@H](C(=O)O)CSSC[C@@H](C(=O)O)N2C(=O)c3ccc4c5c(ccc(c35)C2=O)C(=O)N(C4=O)[C@H](C(=O)O)CSSC[C@@H](C(=O)O)N1. The number of benzene rings is 8.